The predicted octanol–water partition coefficient (Wildman–Crippen LogP) is -2.91. The second kappa shape index (κ2) is 5.25. The van der Waals surface area contributed by atoms with E-state index < -0.39 is 0 Å². The van der Waals surface area contributed by atoms with Gasteiger partial charge in [-0.3, -0.25) is 0 Å². The minimum atomic E-state index is 0. The summed E-state index contributed by atoms with van der Waals surface area (Å²) in [5.74, 6) is 0.0641. The zero-order valence-electron chi connectivity index (χ0n) is 9.29. The van der Waals surface area contributed by atoms with E-state index in [1.54, 1.807) is 12.1 Å². The van der Waals surface area contributed by atoms with Gasteiger partial charge in [-0.15, -0.1) is 0 Å². The monoisotopic (exact) mass is 330 g/mol. The Balaban J connectivity index is 0.000000963. The summed E-state index contributed by atoms with van der Waals surface area (Å²) in [5, 5.41) is 14.9. The fraction of sp³-hybridized carbons (Fsp3) is 0.154. The van der Waals surface area contributed by atoms with Gasteiger partial charge >= 0.3 is 68.9 Å². The Labute approximate surface area is 153 Å². The molecule has 16 heavy (non-hydrogen) atoms. The molecule has 1 aromatic carbocycles. The molecular weight excluding hydrogens is 319 g/mol. The summed E-state index contributed by atoms with van der Waals surface area (Å²) in [6.45, 7) is 0. The van der Waals surface area contributed by atoms with E-state index in [0.717, 1.165) is 23.6 Å². The van der Waals surface area contributed by atoms with Crippen LogP contribution >= 0.6 is 0 Å². The molecule has 0 unspecified atom stereocenters. The Kier molecular flexibility index (Phi) is 4.16. The number of rotatable bonds is 0. The topological polar surface area (TPSA) is 37.2 Å². The summed E-state index contributed by atoms with van der Waals surface area (Å²) in [7, 11) is 0. The smallest absolute Gasteiger partial charge is 0.868 e. The van der Waals surface area contributed by atoms with Gasteiger partial charge in [0.25, 0.3) is 0 Å². The Morgan fingerprint density at radius 2 is 1.94 bits per heavy atom. The van der Waals surface area contributed by atoms with E-state index in [-0.39, 0.29) is 74.6 Å². The molecule has 1 aromatic heterocycles. The quantitative estimate of drug-likeness (QED) is 0.510. The molecule has 3 rings (SSSR count). The predicted molar refractivity (Wildman–Crippen MR) is 57.4 cm³/mol. The molecule has 0 fully saturated rings. The van der Waals surface area contributed by atoms with Crippen molar-refractivity contribution in [3.63, 3.8) is 0 Å². The van der Waals surface area contributed by atoms with Crippen molar-refractivity contribution >= 4 is 23.1 Å². The van der Waals surface area contributed by atoms with Gasteiger partial charge in [-0.1, -0.05) is 18.2 Å². The van der Waals surface area contributed by atoms with Crippen LogP contribution in [-0.2, 0) is 0 Å². The van der Waals surface area contributed by atoms with E-state index in [4.69, 9.17) is 0 Å². The van der Waals surface area contributed by atoms with E-state index in [9.17, 15) is 5.11 Å². The molecule has 0 amide bonds. The van der Waals surface area contributed by atoms with Gasteiger partial charge < -0.3 is 5.11 Å². The molecule has 0 aliphatic heterocycles. The Hall–Kier alpha value is 0.222. The van der Waals surface area contributed by atoms with Crippen LogP contribution in [0.2, 0.25) is 0 Å². The number of aromatic amines is 1. The van der Waals surface area contributed by atoms with Gasteiger partial charge in [-0.05, 0) is 36.8 Å². The summed E-state index contributed by atoms with van der Waals surface area (Å²) in [6.07, 6.45) is 6.50. The molecule has 0 radical (unpaired) electrons. The summed E-state index contributed by atoms with van der Waals surface area (Å²) in [4.78, 5) is 3.22. The number of hydrogen-bond donors (Lipinski definition) is 0. The first-order valence-corrected chi connectivity index (χ1v) is 5.17. The zero-order valence-corrected chi connectivity index (χ0v) is 15.6. The SMILES string of the molecule is [Cs+].[O-]c1cccc2cc3c([nH+]c12)=CCCC=3. The summed E-state index contributed by atoms with van der Waals surface area (Å²) < 4.78 is 0. The molecular formula is C13H11CsNO+. The van der Waals surface area contributed by atoms with Crippen LogP contribution in [0.15, 0.2) is 24.3 Å². The van der Waals surface area contributed by atoms with Crippen LogP contribution in [0.1, 0.15) is 12.8 Å². The maximum Gasteiger partial charge on any atom is 1.00 e. The third kappa shape index (κ3) is 2.25. The average Bonchev–Trinajstić information content (AvgIpc) is 2.27. The minimum absolute atomic E-state index is 0. The molecule has 1 heterocycles. The maximum atomic E-state index is 11.6. The number of pyridine rings is 1. The summed E-state index contributed by atoms with van der Waals surface area (Å²) in [6, 6.07) is 7.45. The maximum absolute atomic E-state index is 11.6. The molecule has 1 aliphatic carbocycles. The summed E-state index contributed by atoms with van der Waals surface area (Å²) >= 11 is 0. The number of H-pyrrole nitrogens is 1. The molecule has 0 saturated heterocycles. The Morgan fingerprint density at radius 1 is 1.12 bits per heavy atom. The molecule has 74 valence electrons. The molecule has 0 bridgehead atoms. The minimum Gasteiger partial charge on any atom is -0.868 e. The number of fused-ring (bicyclic) bond motifs is 2. The van der Waals surface area contributed by atoms with Gasteiger partial charge in [0.1, 0.15) is 0 Å². The van der Waals surface area contributed by atoms with E-state index in [0.29, 0.717) is 5.52 Å². The number of para-hydroxylation sites is 1. The number of aromatic nitrogens is 1. The third-order valence-electron chi connectivity index (χ3n) is 2.82. The van der Waals surface area contributed by atoms with Crippen molar-refractivity contribution in [3.8, 4) is 5.75 Å². The van der Waals surface area contributed by atoms with Crippen LogP contribution in [0, 0.1) is 0 Å². The molecule has 2 nitrogen and oxygen atoms in total. The molecule has 0 saturated carbocycles. The van der Waals surface area contributed by atoms with Gasteiger partial charge in [0, 0.05) is 10.6 Å². The second-order valence-electron chi connectivity index (χ2n) is 3.84. The third-order valence-corrected chi connectivity index (χ3v) is 2.82. The van der Waals surface area contributed by atoms with Crippen LogP contribution in [0.5, 0.6) is 5.75 Å². The second-order valence-corrected chi connectivity index (χ2v) is 3.84. The first kappa shape index (κ1) is 12.7. The van der Waals surface area contributed by atoms with Crippen LogP contribution in [-0.4, -0.2) is 0 Å². The van der Waals surface area contributed by atoms with Gasteiger partial charge in [0.15, 0.2) is 0 Å². The summed E-state index contributed by atoms with van der Waals surface area (Å²) in [5.41, 5.74) is 0.711. The zero-order chi connectivity index (χ0) is 10.3. The number of nitrogens with one attached hydrogen (secondary N) is 1. The molecule has 1 aliphatic rings. The van der Waals surface area contributed by atoms with Crippen LogP contribution < -0.4 is 89.6 Å². The van der Waals surface area contributed by atoms with Crippen LogP contribution in [0.4, 0.5) is 0 Å². The van der Waals surface area contributed by atoms with Crippen molar-refractivity contribution < 1.29 is 79.0 Å². The molecule has 1 N–H and O–H groups in total. The fourth-order valence-electron chi connectivity index (χ4n) is 2.06. The van der Waals surface area contributed by atoms with Crippen LogP contribution in [0.3, 0.4) is 0 Å². The standard InChI is InChI=1S/C13H11NO.Cs/c15-12-7-3-5-10-8-9-4-1-2-6-11(9)14-13(10)12;/h3-8,15H,1-2H2;/q;+1. The van der Waals surface area contributed by atoms with Gasteiger partial charge in [-0.2, -0.15) is 0 Å². The van der Waals surface area contributed by atoms with Crippen molar-refractivity contribution in [2.45, 2.75) is 12.8 Å². The van der Waals surface area contributed by atoms with Gasteiger partial charge in [-0.25, -0.2) is 4.98 Å². The first-order valence-electron chi connectivity index (χ1n) is 5.17. The molecule has 2 aromatic rings. The van der Waals surface area contributed by atoms with Gasteiger partial charge in [0.2, 0.25) is 10.9 Å². The average molecular weight is 330 g/mol. The van der Waals surface area contributed by atoms with Crippen molar-refractivity contribution in [1.29, 1.82) is 0 Å². The molecule has 3 heteroatoms. The Bertz CT molecular complexity index is 649. The van der Waals surface area contributed by atoms with Crippen molar-refractivity contribution in [2.24, 2.45) is 0 Å². The van der Waals surface area contributed by atoms with Crippen molar-refractivity contribution in [3.05, 3.63) is 34.8 Å². The van der Waals surface area contributed by atoms with Gasteiger partial charge in [0.05, 0.1) is 0 Å². The number of hydrogen-bond acceptors (Lipinski definition) is 1. The van der Waals surface area contributed by atoms with E-state index in [1.807, 2.05) is 6.07 Å². The van der Waals surface area contributed by atoms with E-state index >= 15 is 0 Å². The largest absolute Gasteiger partial charge is 1.00 e. The Morgan fingerprint density at radius 3 is 2.81 bits per heavy atom. The van der Waals surface area contributed by atoms with E-state index in [1.165, 1.54) is 5.22 Å². The van der Waals surface area contributed by atoms with Crippen molar-refractivity contribution in [1.82, 2.24) is 0 Å². The normalized spacial score (nSPS) is 13.2. The number of benzene rings is 1. The van der Waals surface area contributed by atoms with E-state index in [2.05, 4.69) is 23.2 Å². The molecule has 0 spiro atoms. The fourth-order valence-corrected chi connectivity index (χ4v) is 2.06. The van der Waals surface area contributed by atoms with Crippen molar-refractivity contribution in [2.75, 3.05) is 0 Å². The first-order chi connectivity index (χ1) is 7.34. The molecule has 0 atom stereocenters. The van der Waals surface area contributed by atoms with Crippen LogP contribution in [0.25, 0.3) is 23.1 Å².